The topological polar surface area (TPSA) is 72.5 Å². The Labute approximate surface area is 111 Å². The number of ether oxygens (including phenoxy) is 1. The summed E-state index contributed by atoms with van der Waals surface area (Å²) in [4.78, 5) is 10.5. The first-order valence-corrected chi connectivity index (χ1v) is 5.51. The maximum atomic E-state index is 12.6. The van der Waals surface area contributed by atoms with Crippen molar-refractivity contribution in [2.24, 2.45) is 0 Å². The van der Waals surface area contributed by atoms with Crippen molar-refractivity contribution in [1.29, 1.82) is 0 Å². The van der Waals surface area contributed by atoms with Crippen LogP contribution < -0.4 is 5.73 Å². The van der Waals surface area contributed by atoms with Gasteiger partial charge in [-0.25, -0.2) is 4.79 Å². The zero-order valence-electron chi connectivity index (χ0n) is 9.59. The molecule has 1 aromatic heterocycles. The van der Waals surface area contributed by atoms with Crippen LogP contribution in [0.4, 0.5) is 31.3 Å². The summed E-state index contributed by atoms with van der Waals surface area (Å²) in [6.07, 6.45) is -12.1. The van der Waals surface area contributed by atoms with Gasteiger partial charge in [-0.15, -0.1) is 11.3 Å². The Hall–Kier alpha value is -1.49. The third-order valence-electron chi connectivity index (χ3n) is 2.36. The van der Waals surface area contributed by atoms with Crippen LogP contribution in [0.25, 0.3) is 0 Å². The molecule has 0 saturated carbocycles. The van der Waals surface area contributed by atoms with E-state index in [0.29, 0.717) is 0 Å². The Morgan fingerprint density at radius 2 is 1.70 bits per heavy atom. The van der Waals surface area contributed by atoms with Crippen molar-refractivity contribution in [2.75, 3.05) is 12.8 Å². The number of anilines is 1. The Morgan fingerprint density at radius 3 is 2.05 bits per heavy atom. The highest BCUT2D eigenvalue weighted by Gasteiger charge is 2.72. The lowest BCUT2D eigenvalue weighted by Gasteiger charge is -2.32. The second-order valence-electron chi connectivity index (χ2n) is 3.59. The molecule has 0 aliphatic carbocycles. The van der Waals surface area contributed by atoms with Crippen LogP contribution in [0, 0.1) is 0 Å². The van der Waals surface area contributed by atoms with Gasteiger partial charge in [-0.1, -0.05) is 0 Å². The summed E-state index contributed by atoms with van der Waals surface area (Å²) < 4.78 is 79.9. The molecule has 0 aromatic carbocycles. The number of thiophene rings is 1. The summed E-state index contributed by atoms with van der Waals surface area (Å²) in [6, 6.07) is 0.215. The van der Waals surface area contributed by atoms with Crippen LogP contribution in [0.5, 0.6) is 0 Å². The van der Waals surface area contributed by atoms with E-state index < -0.39 is 39.4 Å². The van der Waals surface area contributed by atoms with E-state index >= 15 is 0 Å². The van der Waals surface area contributed by atoms with Gasteiger partial charge in [0.2, 0.25) is 0 Å². The molecule has 0 spiro atoms. The van der Waals surface area contributed by atoms with Crippen LogP contribution in [0.15, 0.2) is 6.07 Å². The Bertz CT molecular complexity index is 507. The molecule has 1 aromatic rings. The largest absolute Gasteiger partial charge is 0.465 e. The molecular weight excluding hydrogens is 316 g/mol. The van der Waals surface area contributed by atoms with Gasteiger partial charge in [-0.2, -0.15) is 26.3 Å². The molecule has 0 unspecified atom stereocenters. The number of halogens is 6. The van der Waals surface area contributed by atoms with Crippen LogP contribution in [0.2, 0.25) is 0 Å². The van der Waals surface area contributed by atoms with Crippen molar-refractivity contribution in [2.45, 2.75) is 18.0 Å². The lowest BCUT2D eigenvalue weighted by molar-refractivity contribution is -0.375. The maximum absolute atomic E-state index is 12.6. The van der Waals surface area contributed by atoms with E-state index in [1.807, 2.05) is 0 Å². The first-order chi connectivity index (χ1) is 8.86. The molecular formula is C9H7F6NO3S. The molecule has 0 radical (unpaired) electrons. The van der Waals surface area contributed by atoms with Gasteiger partial charge in [-0.3, -0.25) is 0 Å². The molecule has 4 nitrogen and oxygen atoms in total. The monoisotopic (exact) mass is 323 g/mol. The molecule has 114 valence electrons. The second kappa shape index (κ2) is 4.81. The molecule has 0 aliphatic heterocycles. The summed E-state index contributed by atoms with van der Waals surface area (Å²) in [7, 11) is 0.887. The average molecular weight is 323 g/mol. The number of esters is 1. The van der Waals surface area contributed by atoms with E-state index in [1.54, 1.807) is 0 Å². The van der Waals surface area contributed by atoms with Crippen LogP contribution in [0.1, 0.15) is 15.2 Å². The first-order valence-electron chi connectivity index (χ1n) is 4.70. The molecule has 0 saturated heterocycles. The molecule has 0 aliphatic rings. The minimum Gasteiger partial charge on any atom is -0.465 e. The lowest BCUT2D eigenvalue weighted by Crippen LogP contribution is -2.54. The smallest absolute Gasteiger partial charge is 0.430 e. The average Bonchev–Trinajstić information content (AvgIpc) is 2.66. The van der Waals surface area contributed by atoms with Crippen molar-refractivity contribution >= 4 is 22.3 Å². The molecule has 3 N–H and O–H groups in total. The number of hydrogen-bond acceptors (Lipinski definition) is 5. The van der Waals surface area contributed by atoms with E-state index in [2.05, 4.69) is 4.74 Å². The number of nitrogen functional groups attached to an aromatic ring is 1. The third kappa shape index (κ3) is 2.42. The SMILES string of the molecule is COC(=O)c1cc(C(O)(C(F)(F)F)C(F)(F)F)c(N)s1. The van der Waals surface area contributed by atoms with Crippen LogP contribution in [-0.2, 0) is 10.3 Å². The van der Waals surface area contributed by atoms with Crippen LogP contribution in [-0.4, -0.2) is 30.5 Å². The first kappa shape index (κ1) is 16.6. The van der Waals surface area contributed by atoms with Gasteiger partial charge < -0.3 is 15.6 Å². The Kier molecular flexibility index (Phi) is 3.98. The Morgan fingerprint density at radius 1 is 1.25 bits per heavy atom. The van der Waals surface area contributed by atoms with E-state index in [-0.39, 0.29) is 17.4 Å². The third-order valence-corrected chi connectivity index (χ3v) is 3.30. The maximum Gasteiger partial charge on any atom is 0.430 e. The normalized spacial score (nSPS) is 13.4. The second-order valence-corrected chi connectivity index (χ2v) is 4.67. The number of hydrogen-bond donors (Lipinski definition) is 2. The number of carbonyl (C=O) groups is 1. The van der Waals surface area contributed by atoms with Crippen molar-refractivity contribution in [3.05, 3.63) is 16.5 Å². The number of aliphatic hydroxyl groups is 1. The fourth-order valence-electron chi connectivity index (χ4n) is 1.36. The highest BCUT2D eigenvalue weighted by molar-refractivity contribution is 7.17. The van der Waals surface area contributed by atoms with E-state index in [0.717, 1.165) is 7.11 Å². The summed E-state index contributed by atoms with van der Waals surface area (Å²) in [5, 5.41) is 8.15. The molecule has 11 heteroatoms. The summed E-state index contributed by atoms with van der Waals surface area (Å²) in [5.41, 5.74) is -1.75. The zero-order valence-corrected chi connectivity index (χ0v) is 10.4. The predicted octanol–water partition coefficient (Wildman–Crippen LogP) is 2.43. The van der Waals surface area contributed by atoms with Gasteiger partial charge >= 0.3 is 18.3 Å². The standard InChI is InChI=1S/C9H7F6NO3S/c1-19-6(17)4-2-3(5(16)20-4)7(18,8(10,11)12)9(13,14)15/h2,18H,16H2,1H3. The van der Waals surface area contributed by atoms with Gasteiger partial charge in [0.25, 0.3) is 5.60 Å². The Balaban J connectivity index is 3.53. The number of alkyl halides is 6. The van der Waals surface area contributed by atoms with E-state index in [9.17, 15) is 31.1 Å². The molecule has 0 atom stereocenters. The van der Waals surface area contributed by atoms with Gasteiger partial charge in [0, 0.05) is 5.56 Å². The zero-order chi connectivity index (χ0) is 15.9. The highest BCUT2D eigenvalue weighted by atomic mass is 32.1. The van der Waals surface area contributed by atoms with Crippen LogP contribution >= 0.6 is 11.3 Å². The fourth-order valence-corrected chi connectivity index (χ4v) is 2.25. The number of carbonyl (C=O) groups excluding carboxylic acids is 1. The molecule has 0 amide bonds. The van der Waals surface area contributed by atoms with Gasteiger partial charge in [-0.05, 0) is 6.07 Å². The summed E-state index contributed by atoms with van der Waals surface area (Å²) >= 11 is 0.149. The van der Waals surface area contributed by atoms with Crippen molar-refractivity contribution in [3.8, 4) is 0 Å². The summed E-state index contributed by atoms with van der Waals surface area (Å²) in [6.45, 7) is 0. The number of nitrogens with two attached hydrogens (primary N) is 1. The quantitative estimate of drug-likeness (QED) is 0.648. The van der Waals surface area contributed by atoms with Crippen molar-refractivity contribution in [1.82, 2.24) is 0 Å². The molecule has 1 heterocycles. The van der Waals surface area contributed by atoms with E-state index in [1.165, 1.54) is 0 Å². The minimum absolute atomic E-state index is 0.149. The number of rotatable bonds is 2. The molecule has 1 rings (SSSR count). The van der Waals surface area contributed by atoms with Gasteiger partial charge in [0.15, 0.2) is 0 Å². The lowest BCUT2D eigenvalue weighted by atomic mass is 9.94. The summed E-state index contributed by atoms with van der Waals surface area (Å²) in [5.74, 6) is -1.17. The van der Waals surface area contributed by atoms with Gasteiger partial charge in [0.1, 0.15) is 4.88 Å². The molecule has 0 fully saturated rings. The van der Waals surface area contributed by atoms with E-state index in [4.69, 9.17) is 10.8 Å². The highest BCUT2D eigenvalue weighted by Crippen LogP contribution is 2.53. The van der Waals surface area contributed by atoms with Crippen molar-refractivity contribution < 1.29 is 41.0 Å². The fraction of sp³-hybridized carbons (Fsp3) is 0.444. The van der Waals surface area contributed by atoms with Gasteiger partial charge in [0.05, 0.1) is 12.1 Å². The minimum atomic E-state index is -6.06. The number of methoxy groups -OCH3 is 1. The van der Waals surface area contributed by atoms with Crippen molar-refractivity contribution in [3.63, 3.8) is 0 Å². The van der Waals surface area contributed by atoms with Crippen LogP contribution in [0.3, 0.4) is 0 Å². The predicted molar refractivity (Wildman–Crippen MR) is 56.1 cm³/mol. The molecule has 0 bridgehead atoms. The molecule has 20 heavy (non-hydrogen) atoms.